The van der Waals surface area contributed by atoms with Crippen molar-refractivity contribution in [2.45, 2.75) is 71.9 Å². The van der Waals surface area contributed by atoms with Gasteiger partial charge in [0.25, 0.3) is 0 Å². The Bertz CT molecular complexity index is 393. The third-order valence-electron chi connectivity index (χ3n) is 4.65. The highest BCUT2D eigenvalue weighted by atomic mass is 14.9. The number of hydrogen-bond donors (Lipinski definition) is 1. The molecule has 0 aromatic heterocycles. The number of aryl methyl sites for hydroxylation is 1. The summed E-state index contributed by atoms with van der Waals surface area (Å²) in [5.74, 6) is 1.78. The van der Waals surface area contributed by atoms with Crippen molar-refractivity contribution >= 4 is 0 Å². The van der Waals surface area contributed by atoms with Crippen LogP contribution < -0.4 is 5.32 Å². The van der Waals surface area contributed by atoms with Gasteiger partial charge in [0.05, 0.1) is 0 Å². The van der Waals surface area contributed by atoms with E-state index in [1.165, 1.54) is 43.2 Å². The van der Waals surface area contributed by atoms with Gasteiger partial charge in [0, 0.05) is 12.1 Å². The third kappa shape index (κ3) is 4.63. The van der Waals surface area contributed by atoms with E-state index in [1.54, 1.807) is 0 Å². The van der Waals surface area contributed by atoms with Crippen LogP contribution in [0.2, 0.25) is 0 Å². The molecule has 1 aromatic rings. The second-order valence-corrected chi connectivity index (χ2v) is 7.16. The van der Waals surface area contributed by atoms with Crippen molar-refractivity contribution < 1.29 is 0 Å². The molecule has 0 bridgehead atoms. The Morgan fingerprint density at radius 3 is 2.45 bits per heavy atom. The van der Waals surface area contributed by atoms with Gasteiger partial charge in [-0.3, -0.25) is 0 Å². The minimum absolute atomic E-state index is 0.471. The smallest absolute Gasteiger partial charge is 0.0294 e. The van der Waals surface area contributed by atoms with E-state index in [0.29, 0.717) is 12.1 Å². The molecule has 1 heteroatoms. The molecule has 0 amide bonds. The van der Waals surface area contributed by atoms with Crippen molar-refractivity contribution in [3.63, 3.8) is 0 Å². The Kier molecular flexibility index (Phi) is 5.65. The van der Waals surface area contributed by atoms with Crippen molar-refractivity contribution in [2.24, 2.45) is 11.8 Å². The summed E-state index contributed by atoms with van der Waals surface area (Å²) in [5.41, 5.74) is 2.76. The van der Waals surface area contributed by atoms with Crippen molar-refractivity contribution in [1.29, 1.82) is 0 Å². The first kappa shape index (κ1) is 15.6. The highest BCUT2D eigenvalue weighted by molar-refractivity contribution is 5.23. The summed E-state index contributed by atoms with van der Waals surface area (Å²) in [6, 6.07) is 10.1. The van der Waals surface area contributed by atoms with Crippen LogP contribution in [0, 0.1) is 18.8 Å². The highest BCUT2D eigenvalue weighted by Gasteiger charge is 2.23. The lowest BCUT2D eigenvalue weighted by Crippen LogP contribution is -2.36. The Hall–Kier alpha value is -0.820. The number of benzene rings is 1. The molecule has 112 valence electrons. The van der Waals surface area contributed by atoms with Crippen LogP contribution in [0.1, 0.15) is 70.0 Å². The van der Waals surface area contributed by atoms with Crippen LogP contribution >= 0.6 is 0 Å². The molecule has 1 nitrogen and oxygen atoms in total. The van der Waals surface area contributed by atoms with Crippen LogP contribution in [0.3, 0.4) is 0 Å². The molecule has 1 saturated carbocycles. The van der Waals surface area contributed by atoms with E-state index in [9.17, 15) is 0 Å². The maximum Gasteiger partial charge on any atom is 0.0294 e. The molecule has 1 N–H and O–H groups in total. The third-order valence-corrected chi connectivity index (χ3v) is 4.65. The van der Waals surface area contributed by atoms with Gasteiger partial charge in [-0.05, 0) is 50.5 Å². The first-order valence-electron chi connectivity index (χ1n) is 8.37. The Labute approximate surface area is 125 Å². The molecule has 0 radical (unpaired) electrons. The molecule has 0 saturated heterocycles. The van der Waals surface area contributed by atoms with E-state index in [1.807, 2.05) is 0 Å². The molecule has 0 aliphatic heterocycles. The molecule has 1 aliphatic rings. The molecule has 1 aromatic carbocycles. The van der Waals surface area contributed by atoms with Gasteiger partial charge in [-0.25, -0.2) is 0 Å². The summed E-state index contributed by atoms with van der Waals surface area (Å²) in [4.78, 5) is 0. The molecule has 1 aliphatic carbocycles. The first-order valence-corrected chi connectivity index (χ1v) is 8.37. The highest BCUT2D eigenvalue weighted by Crippen LogP contribution is 2.30. The molecule has 3 atom stereocenters. The fourth-order valence-corrected chi connectivity index (χ4v) is 3.63. The van der Waals surface area contributed by atoms with Crippen LogP contribution in [-0.4, -0.2) is 6.04 Å². The van der Waals surface area contributed by atoms with E-state index >= 15 is 0 Å². The molecule has 1 fully saturated rings. The fraction of sp³-hybridized carbons (Fsp3) is 0.684. The summed E-state index contributed by atoms with van der Waals surface area (Å²) in [5, 5.41) is 3.86. The van der Waals surface area contributed by atoms with Gasteiger partial charge in [0.2, 0.25) is 0 Å². The molecule has 2 rings (SSSR count). The van der Waals surface area contributed by atoms with Gasteiger partial charge in [-0.2, -0.15) is 0 Å². The van der Waals surface area contributed by atoms with Gasteiger partial charge >= 0.3 is 0 Å². The average molecular weight is 273 g/mol. The van der Waals surface area contributed by atoms with Gasteiger partial charge in [-0.15, -0.1) is 0 Å². The average Bonchev–Trinajstić information content (AvgIpc) is 2.39. The van der Waals surface area contributed by atoms with Crippen molar-refractivity contribution in [2.75, 3.05) is 0 Å². The van der Waals surface area contributed by atoms with Crippen molar-refractivity contribution in [3.8, 4) is 0 Å². The van der Waals surface area contributed by atoms with Crippen LogP contribution in [0.4, 0.5) is 0 Å². The SMILES string of the molecule is Cc1ccc(C(C)NC2CCCC(CC(C)C)C2)cc1. The van der Waals surface area contributed by atoms with Gasteiger partial charge in [0.15, 0.2) is 0 Å². The second-order valence-electron chi connectivity index (χ2n) is 7.16. The summed E-state index contributed by atoms with van der Waals surface area (Å²) < 4.78 is 0. The zero-order chi connectivity index (χ0) is 14.5. The lowest BCUT2D eigenvalue weighted by Gasteiger charge is -2.33. The maximum absolute atomic E-state index is 3.86. The van der Waals surface area contributed by atoms with Crippen molar-refractivity contribution in [1.82, 2.24) is 5.32 Å². The summed E-state index contributed by atoms with van der Waals surface area (Å²) >= 11 is 0. The van der Waals surface area contributed by atoms with Crippen LogP contribution in [0.25, 0.3) is 0 Å². The van der Waals surface area contributed by atoms with Crippen LogP contribution in [0.15, 0.2) is 24.3 Å². The van der Waals surface area contributed by atoms with Gasteiger partial charge < -0.3 is 5.32 Å². The van der Waals surface area contributed by atoms with E-state index in [2.05, 4.69) is 57.3 Å². The molecular formula is C19H31N. The Balaban J connectivity index is 1.87. The fourth-order valence-electron chi connectivity index (χ4n) is 3.63. The van der Waals surface area contributed by atoms with Gasteiger partial charge in [0.1, 0.15) is 0 Å². The summed E-state index contributed by atoms with van der Waals surface area (Å²) in [6.45, 7) is 9.16. The predicted molar refractivity (Wildman–Crippen MR) is 87.9 cm³/mol. The number of hydrogen-bond acceptors (Lipinski definition) is 1. The quantitative estimate of drug-likeness (QED) is 0.772. The van der Waals surface area contributed by atoms with Gasteiger partial charge in [-0.1, -0.05) is 56.5 Å². The molecule has 3 unspecified atom stereocenters. The zero-order valence-corrected chi connectivity index (χ0v) is 13.7. The standard InChI is InChI=1S/C19H31N/c1-14(2)12-17-6-5-7-19(13-17)20-16(4)18-10-8-15(3)9-11-18/h8-11,14,16-17,19-20H,5-7,12-13H2,1-4H3. The first-order chi connectivity index (χ1) is 9.54. The summed E-state index contributed by atoms with van der Waals surface area (Å²) in [6.07, 6.45) is 6.96. The Morgan fingerprint density at radius 1 is 1.10 bits per heavy atom. The Morgan fingerprint density at radius 2 is 1.80 bits per heavy atom. The maximum atomic E-state index is 3.86. The summed E-state index contributed by atoms with van der Waals surface area (Å²) in [7, 11) is 0. The van der Waals surface area contributed by atoms with E-state index in [-0.39, 0.29) is 0 Å². The minimum atomic E-state index is 0.471. The topological polar surface area (TPSA) is 12.0 Å². The zero-order valence-electron chi connectivity index (χ0n) is 13.7. The second kappa shape index (κ2) is 7.26. The predicted octanol–water partition coefficient (Wildman–Crippen LogP) is 5.25. The lowest BCUT2D eigenvalue weighted by molar-refractivity contribution is 0.242. The molecule has 0 spiro atoms. The molecule has 20 heavy (non-hydrogen) atoms. The van der Waals surface area contributed by atoms with E-state index in [4.69, 9.17) is 0 Å². The van der Waals surface area contributed by atoms with Crippen LogP contribution in [-0.2, 0) is 0 Å². The molecule has 0 heterocycles. The monoisotopic (exact) mass is 273 g/mol. The normalized spacial score (nSPS) is 24.9. The minimum Gasteiger partial charge on any atom is -0.307 e. The number of rotatable bonds is 5. The molecular weight excluding hydrogens is 242 g/mol. The number of nitrogens with one attached hydrogen (secondary N) is 1. The largest absolute Gasteiger partial charge is 0.307 e. The van der Waals surface area contributed by atoms with E-state index < -0.39 is 0 Å². The van der Waals surface area contributed by atoms with Crippen LogP contribution in [0.5, 0.6) is 0 Å². The van der Waals surface area contributed by atoms with E-state index in [0.717, 1.165) is 11.8 Å². The lowest BCUT2D eigenvalue weighted by atomic mass is 9.81. The van der Waals surface area contributed by atoms with Crippen molar-refractivity contribution in [3.05, 3.63) is 35.4 Å².